The molecule has 8 aromatic rings. The SMILES string of the molecule is c1ccc(-n2c3ccccc3c3c4c(ccc32)sc2ccc(-c3cccc5ccccc35)cc24)cc1. The van der Waals surface area contributed by atoms with Crippen LogP contribution in [0.4, 0.5) is 0 Å². The number of fused-ring (bicyclic) bond motifs is 8. The minimum atomic E-state index is 1.19. The highest BCUT2D eigenvalue weighted by atomic mass is 32.1. The van der Waals surface area contributed by atoms with Crippen molar-refractivity contribution in [3.63, 3.8) is 0 Å². The molecule has 0 saturated heterocycles. The molecular formula is C34H21NS. The van der Waals surface area contributed by atoms with E-state index in [1.54, 1.807) is 0 Å². The number of nitrogens with zero attached hydrogens (tertiary/aromatic N) is 1. The first-order valence-corrected chi connectivity index (χ1v) is 13.1. The predicted molar refractivity (Wildman–Crippen MR) is 157 cm³/mol. The largest absolute Gasteiger partial charge is 0.309 e. The maximum atomic E-state index is 2.41. The molecule has 1 nitrogen and oxygen atoms in total. The summed E-state index contributed by atoms with van der Waals surface area (Å²) in [4.78, 5) is 0. The number of hydrogen-bond acceptors (Lipinski definition) is 1. The van der Waals surface area contributed by atoms with E-state index in [1.807, 2.05) is 11.3 Å². The fraction of sp³-hybridized carbons (Fsp3) is 0. The van der Waals surface area contributed by atoms with Gasteiger partial charge in [0.15, 0.2) is 0 Å². The average Bonchev–Trinajstić information content (AvgIpc) is 3.48. The van der Waals surface area contributed by atoms with Gasteiger partial charge in [0.05, 0.1) is 11.0 Å². The van der Waals surface area contributed by atoms with Crippen LogP contribution in [0.3, 0.4) is 0 Å². The van der Waals surface area contributed by atoms with Crippen molar-refractivity contribution < 1.29 is 0 Å². The van der Waals surface area contributed by atoms with E-state index in [2.05, 4.69) is 132 Å². The topological polar surface area (TPSA) is 4.93 Å². The first-order valence-electron chi connectivity index (χ1n) is 12.3. The second kappa shape index (κ2) is 7.55. The van der Waals surface area contributed by atoms with Crippen LogP contribution in [0.25, 0.3) is 69.6 Å². The Morgan fingerprint density at radius 1 is 0.472 bits per heavy atom. The van der Waals surface area contributed by atoms with Crippen LogP contribution in [0, 0.1) is 0 Å². The first kappa shape index (κ1) is 19.9. The molecule has 0 radical (unpaired) electrons. The Balaban J connectivity index is 1.51. The van der Waals surface area contributed by atoms with Crippen molar-refractivity contribution in [2.45, 2.75) is 0 Å². The van der Waals surface area contributed by atoms with Crippen LogP contribution in [0.5, 0.6) is 0 Å². The van der Waals surface area contributed by atoms with E-state index in [0.717, 1.165) is 0 Å². The molecular weight excluding hydrogens is 454 g/mol. The van der Waals surface area contributed by atoms with Gasteiger partial charge in [0.2, 0.25) is 0 Å². The quantitative estimate of drug-likeness (QED) is 0.234. The lowest BCUT2D eigenvalue weighted by Gasteiger charge is -2.08. The molecule has 0 atom stereocenters. The summed E-state index contributed by atoms with van der Waals surface area (Å²) in [7, 11) is 0. The van der Waals surface area contributed by atoms with Crippen LogP contribution in [-0.4, -0.2) is 4.57 Å². The number of thiophene rings is 1. The van der Waals surface area contributed by atoms with E-state index in [4.69, 9.17) is 0 Å². The maximum absolute atomic E-state index is 2.41. The molecule has 0 amide bonds. The van der Waals surface area contributed by atoms with Gasteiger partial charge in [-0.3, -0.25) is 0 Å². The predicted octanol–water partition coefficient (Wildman–Crippen LogP) is 9.97. The van der Waals surface area contributed by atoms with E-state index in [1.165, 1.54) is 69.6 Å². The third-order valence-corrected chi connectivity index (χ3v) is 8.52. The lowest BCUT2D eigenvalue weighted by atomic mass is 9.96. The summed E-state index contributed by atoms with van der Waals surface area (Å²) in [6, 6.07) is 46.4. The molecule has 0 bridgehead atoms. The van der Waals surface area contributed by atoms with Crippen molar-refractivity contribution in [3.8, 4) is 16.8 Å². The van der Waals surface area contributed by atoms with Crippen molar-refractivity contribution in [3.05, 3.63) is 127 Å². The van der Waals surface area contributed by atoms with Gasteiger partial charge in [0.1, 0.15) is 0 Å². The summed E-state index contributed by atoms with van der Waals surface area (Å²) in [6.45, 7) is 0. The molecule has 2 heterocycles. The molecule has 2 heteroatoms. The van der Waals surface area contributed by atoms with E-state index >= 15 is 0 Å². The van der Waals surface area contributed by atoms with E-state index < -0.39 is 0 Å². The standard InChI is InChI=1S/C34H21NS/c1-2-11-24(12-3-1)35-29-16-7-6-14-27(29)33-30(35)18-20-32-34(33)28-21-23(17-19-31(28)36-32)26-15-8-10-22-9-4-5-13-25(22)26/h1-21H. The van der Waals surface area contributed by atoms with E-state index in [9.17, 15) is 0 Å². The molecule has 0 N–H and O–H groups in total. The van der Waals surface area contributed by atoms with Gasteiger partial charge in [0, 0.05) is 36.6 Å². The highest BCUT2D eigenvalue weighted by molar-refractivity contribution is 7.26. The van der Waals surface area contributed by atoms with Crippen LogP contribution < -0.4 is 0 Å². The molecule has 8 rings (SSSR count). The second-order valence-corrected chi connectivity index (χ2v) is 10.4. The van der Waals surface area contributed by atoms with Crippen LogP contribution in [-0.2, 0) is 0 Å². The van der Waals surface area contributed by atoms with Crippen molar-refractivity contribution in [1.29, 1.82) is 0 Å². The molecule has 0 aliphatic heterocycles. The molecule has 6 aromatic carbocycles. The Kier molecular flexibility index (Phi) is 4.16. The zero-order chi connectivity index (χ0) is 23.6. The van der Waals surface area contributed by atoms with Crippen molar-refractivity contribution >= 4 is 64.1 Å². The summed E-state index contributed by atoms with van der Waals surface area (Å²) >= 11 is 1.89. The molecule has 0 aliphatic rings. The summed E-state index contributed by atoms with van der Waals surface area (Å²) < 4.78 is 5.07. The molecule has 0 aliphatic carbocycles. The average molecular weight is 476 g/mol. The Morgan fingerprint density at radius 2 is 1.22 bits per heavy atom. The van der Waals surface area contributed by atoms with E-state index in [0.29, 0.717) is 0 Å². The number of para-hydroxylation sites is 2. The normalized spacial score (nSPS) is 11.9. The minimum absolute atomic E-state index is 1.19. The molecule has 36 heavy (non-hydrogen) atoms. The van der Waals surface area contributed by atoms with Gasteiger partial charge in [0.25, 0.3) is 0 Å². The van der Waals surface area contributed by atoms with Gasteiger partial charge in [-0.05, 0) is 64.4 Å². The lowest BCUT2D eigenvalue weighted by molar-refractivity contribution is 1.18. The van der Waals surface area contributed by atoms with Crippen LogP contribution >= 0.6 is 11.3 Å². The number of rotatable bonds is 2. The number of benzene rings is 6. The first-order chi connectivity index (χ1) is 17.9. The van der Waals surface area contributed by atoms with Gasteiger partial charge >= 0.3 is 0 Å². The van der Waals surface area contributed by atoms with Crippen molar-refractivity contribution in [2.75, 3.05) is 0 Å². The van der Waals surface area contributed by atoms with Crippen molar-refractivity contribution in [1.82, 2.24) is 4.57 Å². The number of hydrogen-bond donors (Lipinski definition) is 0. The monoisotopic (exact) mass is 475 g/mol. The lowest BCUT2D eigenvalue weighted by Crippen LogP contribution is -1.92. The van der Waals surface area contributed by atoms with Crippen LogP contribution in [0.2, 0.25) is 0 Å². The number of aromatic nitrogens is 1. The van der Waals surface area contributed by atoms with Gasteiger partial charge in [-0.1, -0.05) is 84.9 Å². The highest BCUT2D eigenvalue weighted by Gasteiger charge is 2.18. The Morgan fingerprint density at radius 3 is 2.14 bits per heavy atom. The summed E-state index contributed by atoms with van der Waals surface area (Å²) in [6.07, 6.45) is 0. The Labute approximate surface area is 212 Å². The fourth-order valence-corrected chi connectivity index (χ4v) is 6.92. The fourth-order valence-electron chi connectivity index (χ4n) is 5.83. The highest BCUT2D eigenvalue weighted by Crippen LogP contribution is 2.44. The zero-order valence-electron chi connectivity index (χ0n) is 19.5. The molecule has 0 fully saturated rings. The van der Waals surface area contributed by atoms with Gasteiger partial charge < -0.3 is 4.57 Å². The van der Waals surface area contributed by atoms with Gasteiger partial charge in [-0.15, -0.1) is 11.3 Å². The minimum Gasteiger partial charge on any atom is -0.309 e. The third kappa shape index (κ3) is 2.76. The molecule has 2 aromatic heterocycles. The molecule has 168 valence electrons. The van der Waals surface area contributed by atoms with Gasteiger partial charge in [-0.25, -0.2) is 0 Å². The van der Waals surface area contributed by atoms with Crippen LogP contribution in [0.15, 0.2) is 127 Å². The molecule has 0 unspecified atom stereocenters. The Bertz CT molecular complexity index is 2090. The van der Waals surface area contributed by atoms with E-state index in [-0.39, 0.29) is 0 Å². The smallest absolute Gasteiger partial charge is 0.0548 e. The third-order valence-electron chi connectivity index (χ3n) is 7.38. The second-order valence-electron chi connectivity index (χ2n) is 9.36. The summed E-state index contributed by atoms with van der Waals surface area (Å²) in [5, 5.41) is 7.91. The summed E-state index contributed by atoms with van der Waals surface area (Å²) in [5.74, 6) is 0. The van der Waals surface area contributed by atoms with Gasteiger partial charge in [-0.2, -0.15) is 0 Å². The summed E-state index contributed by atoms with van der Waals surface area (Å²) in [5.41, 5.74) is 6.25. The van der Waals surface area contributed by atoms with Crippen LogP contribution in [0.1, 0.15) is 0 Å². The van der Waals surface area contributed by atoms with Crippen molar-refractivity contribution in [2.24, 2.45) is 0 Å². The maximum Gasteiger partial charge on any atom is 0.0548 e. The Hall–Kier alpha value is -4.40. The molecule has 0 spiro atoms. The zero-order valence-corrected chi connectivity index (χ0v) is 20.3. The molecule has 0 saturated carbocycles.